The summed E-state index contributed by atoms with van der Waals surface area (Å²) in [7, 11) is 1.95. The van der Waals surface area contributed by atoms with Gasteiger partial charge in [-0.15, -0.1) is 0 Å². The van der Waals surface area contributed by atoms with Crippen LogP contribution in [0.15, 0.2) is 53.7 Å². The van der Waals surface area contributed by atoms with E-state index in [-0.39, 0.29) is 17.7 Å². The highest BCUT2D eigenvalue weighted by Crippen LogP contribution is 2.36. The predicted molar refractivity (Wildman–Crippen MR) is 140 cm³/mol. The number of aliphatic imine (C=N–C) groups is 1. The summed E-state index contributed by atoms with van der Waals surface area (Å²) in [5, 5.41) is 5.45. The van der Waals surface area contributed by atoms with E-state index in [4.69, 9.17) is 9.73 Å². The molecule has 1 aliphatic carbocycles. The number of aryl methyl sites for hydroxylation is 1. The lowest BCUT2D eigenvalue weighted by Crippen LogP contribution is -2.45. The van der Waals surface area contributed by atoms with E-state index >= 15 is 0 Å². The number of nitrogens with zero attached hydrogens (tertiary/aromatic N) is 5. The van der Waals surface area contributed by atoms with E-state index < -0.39 is 5.54 Å². The number of ether oxygens (including phenoxy) is 1. The Hall–Kier alpha value is -3.52. The third-order valence-corrected chi connectivity index (χ3v) is 8.41. The molecule has 3 aromatic rings. The molecule has 4 aliphatic rings. The molecule has 1 spiro atoms. The van der Waals surface area contributed by atoms with Crippen LogP contribution in [0.2, 0.25) is 0 Å². The highest BCUT2D eigenvalue weighted by Gasteiger charge is 2.51. The Morgan fingerprint density at radius 3 is 2.62 bits per heavy atom. The topological polar surface area (TPSA) is 80.0 Å². The van der Waals surface area contributed by atoms with Crippen molar-refractivity contribution in [2.45, 2.75) is 31.2 Å². The Labute approximate surface area is 215 Å². The van der Waals surface area contributed by atoms with Gasteiger partial charge in [0.15, 0.2) is 5.54 Å². The number of amides is 2. The lowest BCUT2D eigenvalue weighted by atomic mass is 9.98. The van der Waals surface area contributed by atoms with Crippen LogP contribution in [0.3, 0.4) is 0 Å². The molecule has 4 heterocycles. The van der Waals surface area contributed by atoms with Gasteiger partial charge in [0.25, 0.3) is 5.91 Å². The number of amidine groups is 1. The average molecular weight is 498 g/mol. The van der Waals surface area contributed by atoms with Crippen molar-refractivity contribution in [3.8, 4) is 11.1 Å². The highest BCUT2D eigenvalue weighted by molar-refractivity contribution is 6.15. The van der Waals surface area contributed by atoms with Gasteiger partial charge in [-0.25, -0.2) is 4.99 Å². The van der Waals surface area contributed by atoms with E-state index in [0.29, 0.717) is 32.1 Å². The van der Waals surface area contributed by atoms with E-state index in [1.807, 2.05) is 27.7 Å². The molecule has 8 heteroatoms. The molecule has 37 heavy (non-hydrogen) atoms. The molecule has 190 valence electrons. The van der Waals surface area contributed by atoms with Crippen LogP contribution in [-0.4, -0.2) is 75.6 Å². The first kappa shape index (κ1) is 22.7. The largest absolute Gasteiger partial charge is 0.378 e. The molecule has 2 unspecified atom stereocenters. The van der Waals surface area contributed by atoms with E-state index in [9.17, 15) is 9.59 Å². The van der Waals surface area contributed by atoms with Gasteiger partial charge in [0.2, 0.25) is 5.91 Å². The van der Waals surface area contributed by atoms with E-state index in [0.717, 1.165) is 65.8 Å². The second-order valence-electron chi connectivity index (χ2n) is 11.0. The number of aromatic nitrogens is 2. The van der Waals surface area contributed by atoms with Crippen LogP contribution in [0.25, 0.3) is 22.0 Å². The molecular weight excluding hydrogens is 466 g/mol. The first-order valence-corrected chi connectivity index (χ1v) is 13.3. The molecule has 0 N–H and O–H groups in total. The highest BCUT2D eigenvalue weighted by atomic mass is 16.5. The molecule has 1 aromatic heterocycles. The molecule has 8 nitrogen and oxygen atoms in total. The van der Waals surface area contributed by atoms with Crippen molar-refractivity contribution in [1.29, 1.82) is 0 Å². The predicted octanol–water partition coefficient (Wildman–Crippen LogP) is 3.25. The van der Waals surface area contributed by atoms with Crippen LogP contribution < -0.4 is 0 Å². The summed E-state index contributed by atoms with van der Waals surface area (Å²) < 4.78 is 7.51. The van der Waals surface area contributed by atoms with Crippen molar-refractivity contribution < 1.29 is 14.3 Å². The summed E-state index contributed by atoms with van der Waals surface area (Å²) in [6.45, 7) is 3.00. The molecule has 2 saturated heterocycles. The number of hydrogen-bond acceptors (Lipinski definition) is 5. The number of fused-ring (bicyclic) bond motifs is 1. The molecule has 2 atom stereocenters. The summed E-state index contributed by atoms with van der Waals surface area (Å²) in [4.78, 5) is 35.1. The molecule has 3 fully saturated rings. The van der Waals surface area contributed by atoms with Gasteiger partial charge < -0.3 is 9.64 Å². The molecule has 0 radical (unpaired) electrons. The van der Waals surface area contributed by atoms with Crippen LogP contribution in [0, 0.1) is 11.8 Å². The van der Waals surface area contributed by atoms with Crippen LogP contribution >= 0.6 is 0 Å². The second kappa shape index (κ2) is 8.52. The zero-order chi connectivity index (χ0) is 25.1. The van der Waals surface area contributed by atoms with Gasteiger partial charge in [-0.05, 0) is 48.4 Å². The summed E-state index contributed by atoms with van der Waals surface area (Å²) in [6, 6.07) is 14.7. The zero-order valence-corrected chi connectivity index (χ0v) is 21.1. The van der Waals surface area contributed by atoms with Gasteiger partial charge in [-0.1, -0.05) is 30.3 Å². The van der Waals surface area contributed by atoms with Crippen molar-refractivity contribution in [3.05, 3.63) is 54.2 Å². The van der Waals surface area contributed by atoms with Crippen LogP contribution in [0.1, 0.15) is 31.2 Å². The van der Waals surface area contributed by atoms with Gasteiger partial charge in [-0.2, -0.15) is 5.10 Å². The first-order valence-electron chi connectivity index (χ1n) is 13.3. The minimum absolute atomic E-state index is 0.0399. The Morgan fingerprint density at radius 1 is 1.08 bits per heavy atom. The van der Waals surface area contributed by atoms with E-state index in [2.05, 4.69) is 47.6 Å². The van der Waals surface area contributed by atoms with Crippen molar-refractivity contribution in [2.24, 2.45) is 23.9 Å². The maximum absolute atomic E-state index is 13.7. The van der Waals surface area contributed by atoms with Crippen molar-refractivity contribution in [3.63, 3.8) is 0 Å². The normalized spacial score (nSPS) is 25.6. The number of benzene rings is 2. The fourth-order valence-corrected chi connectivity index (χ4v) is 6.04. The van der Waals surface area contributed by atoms with Gasteiger partial charge in [0.05, 0.1) is 18.3 Å². The zero-order valence-electron chi connectivity index (χ0n) is 21.1. The Bertz CT molecular complexity index is 1420. The third-order valence-electron chi connectivity index (χ3n) is 8.41. The van der Waals surface area contributed by atoms with Crippen molar-refractivity contribution in [1.82, 2.24) is 19.6 Å². The number of likely N-dealkylation sites (tertiary alicyclic amines) is 1. The molecule has 1 saturated carbocycles. The Kier molecular flexibility index (Phi) is 5.22. The quantitative estimate of drug-likeness (QED) is 0.542. The maximum atomic E-state index is 13.7. The minimum Gasteiger partial charge on any atom is -0.378 e. The van der Waals surface area contributed by atoms with Crippen molar-refractivity contribution >= 4 is 28.6 Å². The molecule has 2 amide bonds. The molecular formula is C29H31N5O3. The van der Waals surface area contributed by atoms with Gasteiger partial charge in [0, 0.05) is 56.6 Å². The molecule has 3 aliphatic heterocycles. The maximum Gasteiger partial charge on any atom is 0.258 e. The van der Waals surface area contributed by atoms with Crippen LogP contribution in [0.5, 0.6) is 0 Å². The third kappa shape index (κ3) is 3.85. The minimum atomic E-state index is -0.804. The fourth-order valence-electron chi connectivity index (χ4n) is 6.04. The smallest absolute Gasteiger partial charge is 0.258 e. The average Bonchev–Trinajstić information content (AvgIpc) is 3.22. The standard InChI is InChI=1S/C29H31N5O3/c1-32-25-9-8-23(14-24(25)15-30-32)20-2-4-21(5-3-20)26-31-29(11-13-37-18-29)28(36)34(26)17-19-10-12-33(16-19)27(35)22-6-7-22/h2-5,8-9,14-15,19,22H,6-7,10-13,16-18H2,1H3. The Balaban J connectivity index is 1.15. The summed E-state index contributed by atoms with van der Waals surface area (Å²) in [5.74, 6) is 1.57. The number of carbonyl (C=O) groups is 2. The lowest BCUT2D eigenvalue weighted by molar-refractivity contribution is -0.131. The number of carbonyl (C=O) groups excluding carboxylic acids is 2. The lowest BCUT2D eigenvalue weighted by Gasteiger charge is -2.25. The summed E-state index contributed by atoms with van der Waals surface area (Å²) in [6.07, 6.45) is 5.47. The SMILES string of the molecule is Cn1ncc2cc(-c3ccc(C4=NC5(CCOC5)C(=O)N4CC4CCN(C(=O)C5CC5)C4)cc3)ccc21. The molecule has 0 bridgehead atoms. The monoisotopic (exact) mass is 497 g/mol. The van der Waals surface area contributed by atoms with Gasteiger partial charge >= 0.3 is 0 Å². The van der Waals surface area contributed by atoms with Gasteiger partial charge in [0.1, 0.15) is 5.84 Å². The van der Waals surface area contributed by atoms with Crippen LogP contribution in [0.4, 0.5) is 0 Å². The summed E-state index contributed by atoms with van der Waals surface area (Å²) in [5.41, 5.74) is 3.47. The van der Waals surface area contributed by atoms with E-state index in [1.165, 1.54) is 0 Å². The van der Waals surface area contributed by atoms with E-state index in [1.54, 1.807) is 0 Å². The fraction of sp³-hybridized carbons (Fsp3) is 0.448. The Morgan fingerprint density at radius 2 is 1.86 bits per heavy atom. The molecule has 2 aromatic carbocycles. The first-order chi connectivity index (χ1) is 18.0. The second-order valence-corrected chi connectivity index (χ2v) is 11.0. The van der Waals surface area contributed by atoms with Crippen molar-refractivity contribution in [2.75, 3.05) is 32.8 Å². The summed E-state index contributed by atoms with van der Waals surface area (Å²) >= 11 is 0. The van der Waals surface area contributed by atoms with Gasteiger partial charge in [-0.3, -0.25) is 19.2 Å². The number of rotatable bonds is 5. The van der Waals surface area contributed by atoms with Crippen LogP contribution in [-0.2, 0) is 21.4 Å². The number of hydrogen-bond donors (Lipinski definition) is 0. The molecule has 7 rings (SSSR count).